The van der Waals surface area contributed by atoms with E-state index in [4.69, 9.17) is 11.6 Å². The predicted molar refractivity (Wildman–Crippen MR) is 163 cm³/mol. The first-order chi connectivity index (χ1) is 20.6. The minimum absolute atomic E-state index is 0.177. The summed E-state index contributed by atoms with van der Waals surface area (Å²) >= 11 is 9.27. The number of methoxy groups -OCH3 is 1. The molecule has 0 saturated carbocycles. The van der Waals surface area contributed by atoms with E-state index in [1.807, 2.05) is 43.2 Å². The van der Waals surface area contributed by atoms with E-state index in [0.717, 1.165) is 17.2 Å². The summed E-state index contributed by atoms with van der Waals surface area (Å²) in [6.45, 7) is 8.53. The summed E-state index contributed by atoms with van der Waals surface area (Å²) in [5, 5.41) is 0.409. The Labute approximate surface area is 271 Å². The summed E-state index contributed by atoms with van der Waals surface area (Å²) in [5.41, 5.74) is 4.68. The first-order valence-corrected chi connectivity index (χ1v) is 15.0. The van der Waals surface area contributed by atoms with Crippen LogP contribution in [0.2, 0.25) is 5.15 Å². The molecular formula is C33H39ClF3MnN3O3-2. The maximum atomic E-state index is 13.3. The van der Waals surface area contributed by atoms with Crippen LogP contribution in [0.1, 0.15) is 60.7 Å². The van der Waals surface area contributed by atoms with Crippen LogP contribution in [0.25, 0.3) is 11.1 Å². The molecule has 0 amide bonds. The van der Waals surface area contributed by atoms with Crippen molar-refractivity contribution in [3.8, 4) is 11.1 Å². The number of ether oxygens (including phenoxy) is 1. The minimum Gasteiger partial charge on any atom is -0.470 e. The number of aromatic nitrogens is 2. The van der Waals surface area contributed by atoms with Crippen molar-refractivity contribution in [2.24, 2.45) is 5.92 Å². The van der Waals surface area contributed by atoms with Gasteiger partial charge in [0.2, 0.25) is 0 Å². The second-order valence-corrected chi connectivity index (χ2v) is 12.1. The molecule has 0 bridgehead atoms. The van der Waals surface area contributed by atoms with Crippen LogP contribution in [-0.4, -0.2) is 54.5 Å². The number of rotatable bonds is 11. The molecule has 0 radical (unpaired) electrons. The van der Waals surface area contributed by atoms with Gasteiger partial charge >= 0.3 is 142 Å². The Morgan fingerprint density at radius 3 is 2.34 bits per heavy atom. The molecule has 0 fully saturated rings. The summed E-state index contributed by atoms with van der Waals surface area (Å²) < 4.78 is 46.2. The second-order valence-electron chi connectivity index (χ2n) is 11.1. The molecule has 0 spiro atoms. The van der Waals surface area contributed by atoms with E-state index in [-0.39, 0.29) is 34.5 Å². The molecule has 1 unspecified atom stereocenters. The number of hydrogen-bond donors (Lipinski definition) is 0. The van der Waals surface area contributed by atoms with E-state index < -0.39 is 17.8 Å². The van der Waals surface area contributed by atoms with Crippen LogP contribution in [0.3, 0.4) is 0 Å². The number of likely N-dealkylation sites (N-methyl/N-ethyl adjacent to an activating group) is 1. The average Bonchev–Trinajstić information content (AvgIpc) is 2.93. The molecule has 1 aromatic carbocycles. The van der Waals surface area contributed by atoms with E-state index in [1.54, 1.807) is 20.5 Å². The van der Waals surface area contributed by atoms with Crippen LogP contribution in [0.4, 0.5) is 13.2 Å². The van der Waals surface area contributed by atoms with E-state index in [0.29, 0.717) is 23.8 Å². The molecule has 0 aliphatic heterocycles. The van der Waals surface area contributed by atoms with Crippen molar-refractivity contribution in [2.45, 2.75) is 59.2 Å². The zero-order chi connectivity index (χ0) is 33.2. The molecule has 0 aliphatic carbocycles. The topological polar surface area (TPSA) is 64.4 Å². The SMILES string of the molecule is CC(C)CC([C-]=O)n1cc(CCN(C)C)c(C(F)(F)F)c[c]1=[Mn].COC(=O)C[CH-]c1cc(-c2c(C)cccc2C)cc(Cl)n1. The Balaban J connectivity index is 0.000000308. The normalized spacial score (nSPS) is 12.0. The van der Waals surface area contributed by atoms with E-state index in [2.05, 4.69) is 51.3 Å². The summed E-state index contributed by atoms with van der Waals surface area (Å²) in [5.74, 6) is -0.0706. The molecule has 6 nitrogen and oxygen atoms in total. The Hall–Kier alpha value is -2.91. The number of carbonyl (C=O) groups is 1. The van der Waals surface area contributed by atoms with Gasteiger partial charge in [0.05, 0.1) is 7.11 Å². The van der Waals surface area contributed by atoms with Gasteiger partial charge in [0.15, 0.2) is 0 Å². The fourth-order valence-corrected chi connectivity index (χ4v) is 5.25. The van der Waals surface area contributed by atoms with Crippen LogP contribution in [-0.2, 0) is 42.5 Å². The van der Waals surface area contributed by atoms with Crippen LogP contribution in [0.5, 0.6) is 0 Å². The summed E-state index contributed by atoms with van der Waals surface area (Å²) in [6, 6.07) is 10.4. The summed E-state index contributed by atoms with van der Waals surface area (Å²) in [7, 11) is 4.98. The van der Waals surface area contributed by atoms with Crippen LogP contribution >= 0.6 is 11.6 Å². The molecule has 3 rings (SSSR count). The molecule has 0 aliphatic rings. The van der Waals surface area contributed by atoms with E-state index >= 15 is 0 Å². The van der Waals surface area contributed by atoms with Gasteiger partial charge in [0.25, 0.3) is 5.97 Å². The summed E-state index contributed by atoms with van der Waals surface area (Å²) in [6.07, 6.45) is 1.59. The number of pyridine rings is 2. The average molecular weight is 673 g/mol. The number of benzene rings is 1. The zero-order valence-corrected chi connectivity index (χ0v) is 28.0. The van der Waals surface area contributed by atoms with Crippen molar-refractivity contribution in [2.75, 3.05) is 27.7 Å². The van der Waals surface area contributed by atoms with E-state index in [1.165, 1.54) is 29.0 Å². The van der Waals surface area contributed by atoms with Crippen molar-refractivity contribution in [1.29, 1.82) is 0 Å². The van der Waals surface area contributed by atoms with Crippen LogP contribution < -0.4 is 0 Å². The Kier molecular flexibility index (Phi) is 14.4. The van der Waals surface area contributed by atoms with Crippen molar-refractivity contribution in [3.63, 3.8) is 0 Å². The first kappa shape index (κ1) is 37.3. The Morgan fingerprint density at radius 2 is 1.82 bits per heavy atom. The predicted octanol–water partition coefficient (Wildman–Crippen LogP) is 7.52. The van der Waals surface area contributed by atoms with Gasteiger partial charge in [-0.15, -0.1) is 0 Å². The largest absolute Gasteiger partial charge is 0.470 e. The third kappa shape index (κ3) is 11.2. The summed E-state index contributed by atoms with van der Waals surface area (Å²) in [4.78, 5) is 28.5. The van der Waals surface area contributed by atoms with Gasteiger partial charge in [0.1, 0.15) is 5.15 Å². The Morgan fingerprint density at radius 1 is 1.18 bits per heavy atom. The zero-order valence-electron chi connectivity index (χ0n) is 26.1. The number of hydrogen-bond acceptors (Lipinski definition) is 5. The van der Waals surface area contributed by atoms with Gasteiger partial charge in [-0.25, -0.2) is 0 Å². The molecular weight excluding hydrogens is 634 g/mol. The monoisotopic (exact) mass is 672 g/mol. The molecule has 241 valence electrons. The van der Waals surface area contributed by atoms with Gasteiger partial charge < -0.3 is 4.74 Å². The van der Waals surface area contributed by atoms with E-state index in [9.17, 15) is 22.8 Å². The third-order valence-electron chi connectivity index (χ3n) is 6.74. The number of alkyl halides is 3. The van der Waals surface area contributed by atoms with Crippen molar-refractivity contribution >= 4 is 23.9 Å². The van der Waals surface area contributed by atoms with Crippen LogP contribution in [0.15, 0.2) is 42.6 Å². The molecule has 3 aromatic rings. The second kappa shape index (κ2) is 17.0. The first-order valence-electron chi connectivity index (χ1n) is 14.0. The molecule has 11 heteroatoms. The number of esters is 1. The molecule has 2 aromatic heterocycles. The van der Waals surface area contributed by atoms with Crippen LogP contribution in [0, 0.1) is 30.4 Å². The molecule has 44 heavy (non-hydrogen) atoms. The van der Waals surface area contributed by atoms with Gasteiger partial charge in [-0.05, 0) is 43.0 Å². The minimum atomic E-state index is -4.43. The van der Waals surface area contributed by atoms with Gasteiger partial charge in [-0.3, -0.25) is 9.78 Å². The van der Waals surface area contributed by atoms with Gasteiger partial charge in [-0.1, -0.05) is 41.1 Å². The Bertz CT molecular complexity index is 1470. The number of carbonyl (C=O) groups excluding carboxylic acids is 2. The quantitative estimate of drug-likeness (QED) is 0.0913. The van der Waals surface area contributed by atoms with Crippen molar-refractivity contribution in [1.82, 2.24) is 14.5 Å². The van der Waals surface area contributed by atoms with Gasteiger partial charge in [0, 0.05) is 0 Å². The third-order valence-corrected chi connectivity index (χ3v) is 7.41. The fraction of sp³-hybridized carbons (Fsp3) is 0.424. The van der Waals surface area contributed by atoms with Crippen molar-refractivity contribution in [3.05, 3.63) is 86.3 Å². The van der Waals surface area contributed by atoms with Crippen molar-refractivity contribution < 1.29 is 43.1 Å². The standard InChI is InChI=1S/C17H17ClNO2.C16H22F3N2O.Mn/c1-11-5-4-6-12(2)17(11)13-9-14(19-15(18)10-13)7-8-16(20)21-3;1-12(2)9-14(11-22)21-8-6-15(16(17,18)19)13(10-21)5-7-20(3)4;/h4-7,9-10H,8H2,1-3H3;6,10,12,14H,5,7,9H2,1-4H3;/q2*-1;. The molecule has 2 heterocycles. The number of halogens is 4. The smallest absolute Gasteiger partial charge is 0.292 e. The maximum Gasteiger partial charge on any atom is 0.292 e. The van der Waals surface area contributed by atoms with Gasteiger partial charge in [-0.2, -0.15) is 12.5 Å². The molecule has 0 N–H and O–H groups in total. The maximum absolute atomic E-state index is 13.3. The fourth-order valence-electron chi connectivity index (χ4n) is 4.60. The molecule has 1 atom stereocenters. The number of aryl methyl sites for hydroxylation is 2. The molecule has 0 saturated heterocycles. The number of nitrogens with zero attached hydrogens (tertiary/aromatic N) is 3.